The Balaban J connectivity index is 1.50. The van der Waals surface area contributed by atoms with E-state index in [1.165, 1.54) is 5.56 Å². The lowest BCUT2D eigenvalue weighted by Gasteiger charge is -2.07. The van der Waals surface area contributed by atoms with E-state index in [9.17, 15) is 0 Å². The van der Waals surface area contributed by atoms with Gasteiger partial charge in [-0.2, -0.15) is 0 Å². The molecule has 0 unspecified atom stereocenters. The summed E-state index contributed by atoms with van der Waals surface area (Å²) in [4.78, 5) is 0. The molecular formula is C19H21N3O2. The molecule has 0 bridgehead atoms. The van der Waals surface area contributed by atoms with E-state index >= 15 is 0 Å². The predicted octanol–water partition coefficient (Wildman–Crippen LogP) is 4.38. The molecule has 2 aromatic carbocycles. The van der Waals surface area contributed by atoms with E-state index in [0.717, 1.165) is 11.4 Å². The van der Waals surface area contributed by atoms with Crippen LogP contribution in [0.15, 0.2) is 59.0 Å². The van der Waals surface area contributed by atoms with Gasteiger partial charge in [-0.25, -0.2) is 0 Å². The smallest absolute Gasteiger partial charge is 0.253 e. The van der Waals surface area contributed by atoms with Crippen LogP contribution in [-0.2, 0) is 13.2 Å². The van der Waals surface area contributed by atoms with Crippen molar-refractivity contribution < 1.29 is 9.15 Å². The summed E-state index contributed by atoms with van der Waals surface area (Å²) in [6.07, 6.45) is 0. The van der Waals surface area contributed by atoms with Gasteiger partial charge in [0.1, 0.15) is 5.75 Å². The largest absolute Gasteiger partial charge is 0.484 e. The Morgan fingerprint density at radius 1 is 0.958 bits per heavy atom. The topological polar surface area (TPSA) is 60.2 Å². The number of hydrogen-bond donors (Lipinski definition) is 1. The van der Waals surface area contributed by atoms with E-state index in [-0.39, 0.29) is 6.61 Å². The first-order chi connectivity index (χ1) is 11.7. The van der Waals surface area contributed by atoms with Crippen molar-refractivity contribution in [3.63, 3.8) is 0 Å². The minimum atomic E-state index is 0.264. The van der Waals surface area contributed by atoms with Crippen LogP contribution in [0.3, 0.4) is 0 Å². The molecule has 5 nitrogen and oxygen atoms in total. The number of hydrogen-bond acceptors (Lipinski definition) is 5. The summed E-state index contributed by atoms with van der Waals surface area (Å²) in [7, 11) is 0. The molecule has 1 heterocycles. The fourth-order valence-electron chi connectivity index (χ4n) is 2.24. The van der Waals surface area contributed by atoms with Gasteiger partial charge in [-0.3, -0.25) is 0 Å². The normalized spacial score (nSPS) is 10.8. The number of benzene rings is 2. The molecule has 24 heavy (non-hydrogen) atoms. The zero-order chi connectivity index (χ0) is 16.8. The van der Waals surface area contributed by atoms with Crippen LogP contribution in [0, 0.1) is 0 Å². The highest BCUT2D eigenvalue weighted by atomic mass is 16.5. The monoisotopic (exact) mass is 323 g/mol. The average Bonchev–Trinajstić information content (AvgIpc) is 3.07. The van der Waals surface area contributed by atoms with E-state index in [0.29, 0.717) is 24.2 Å². The van der Waals surface area contributed by atoms with Crippen molar-refractivity contribution in [3.05, 3.63) is 71.9 Å². The van der Waals surface area contributed by atoms with Crippen LogP contribution >= 0.6 is 0 Å². The summed E-state index contributed by atoms with van der Waals surface area (Å²) < 4.78 is 11.2. The second-order valence-electron chi connectivity index (χ2n) is 5.82. The molecule has 0 aliphatic carbocycles. The Hall–Kier alpha value is -2.82. The van der Waals surface area contributed by atoms with Gasteiger partial charge < -0.3 is 14.5 Å². The number of aromatic nitrogens is 2. The van der Waals surface area contributed by atoms with Gasteiger partial charge in [-0.1, -0.05) is 44.2 Å². The molecule has 0 fully saturated rings. The van der Waals surface area contributed by atoms with Crippen molar-refractivity contribution in [3.8, 4) is 5.75 Å². The molecule has 0 saturated heterocycles. The molecule has 5 heteroatoms. The maximum absolute atomic E-state index is 5.59. The molecule has 124 valence electrons. The number of nitrogens with one attached hydrogen (secondary N) is 1. The molecule has 0 spiro atoms. The quantitative estimate of drug-likeness (QED) is 0.699. The summed E-state index contributed by atoms with van der Waals surface area (Å²) in [5.41, 5.74) is 2.35. The van der Waals surface area contributed by atoms with Gasteiger partial charge >= 0.3 is 0 Å². The van der Waals surface area contributed by atoms with E-state index in [1.54, 1.807) is 0 Å². The van der Waals surface area contributed by atoms with Gasteiger partial charge in [0, 0.05) is 5.69 Å². The maximum Gasteiger partial charge on any atom is 0.253 e. The van der Waals surface area contributed by atoms with Crippen LogP contribution in [0.25, 0.3) is 0 Å². The molecule has 3 rings (SSSR count). The molecule has 1 aromatic heterocycles. The highest BCUT2D eigenvalue weighted by Gasteiger charge is 2.07. The first-order valence-electron chi connectivity index (χ1n) is 8.03. The van der Waals surface area contributed by atoms with Gasteiger partial charge in [0.25, 0.3) is 5.89 Å². The highest BCUT2D eigenvalue weighted by molar-refractivity contribution is 5.45. The number of rotatable bonds is 7. The van der Waals surface area contributed by atoms with Gasteiger partial charge in [-0.15, -0.1) is 10.2 Å². The zero-order valence-corrected chi connectivity index (χ0v) is 13.9. The summed E-state index contributed by atoms with van der Waals surface area (Å²) in [5.74, 6) is 2.31. The van der Waals surface area contributed by atoms with Gasteiger partial charge in [0.15, 0.2) is 6.61 Å². The zero-order valence-electron chi connectivity index (χ0n) is 13.9. The van der Waals surface area contributed by atoms with Crippen molar-refractivity contribution in [2.45, 2.75) is 32.9 Å². The van der Waals surface area contributed by atoms with Crippen molar-refractivity contribution in [1.29, 1.82) is 0 Å². The fourth-order valence-corrected chi connectivity index (χ4v) is 2.24. The SMILES string of the molecule is CC(C)c1ccc(NCc2nnc(COc3ccccc3)o2)cc1. The number of para-hydroxylation sites is 1. The fraction of sp³-hybridized carbons (Fsp3) is 0.263. The molecule has 0 radical (unpaired) electrons. The Morgan fingerprint density at radius 2 is 1.67 bits per heavy atom. The third-order valence-electron chi connectivity index (χ3n) is 3.64. The summed E-state index contributed by atoms with van der Waals surface area (Å²) >= 11 is 0. The molecule has 0 saturated carbocycles. The predicted molar refractivity (Wildman–Crippen MR) is 92.9 cm³/mol. The minimum absolute atomic E-state index is 0.264. The Bertz CT molecular complexity index is 752. The van der Waals surface area contributed by atoms with Crippen LogP contribution in [0.2, 0.25) is 0 Å². The average molecular weight is 323 g/mol. The maximum atomic E-state index is 5.59. The first-order valence-corrected chi connectivity index (χ1v) is 8.03. The van der Waals surface area contributed by atoms with E-state index < -0.39 is 0 Å². The van der Waals surface area contributed by atoms with Crippen molar-refractivity contribution in [2.75, 3.05) is 5.32 Å². The van der Waals surface area contributed by atoms with Crippen molar-refractivity contribution in [1.82, 2.24) is 10.2 Å². The van der Waals surface area contributed by atoms with Crippen molar-refractivity contribution in [2.24, 2.45) is 0 Å². The lowest BCUT2D eigenvalue weighted by atomic mass is 10.0. The highest BCUT2D eigenvalue weighted by Crippen LogP contribution is 2.17. The third-order valence-corrected chi connectivity index (χ3v) is 3.64. The molecule has 0 amide bonds. The second kappa shape index (κ2) is 7.64. The Labute approximate surface area is 141 Å². The molecular weight excluding hydrogens is 302 g/mol. The standard InChI is InChI=1S/C19H21N3O2/c1-14(2)15-8-10-16(11-9-15)20-12-18-21-22-19(24-18)13-23-17-6-4-3-5-7-17/h3-11,14,20H,12-13H2,1-2H3. The van der Waals surface area contributed by atoms with Crippen LogP contribution in [0.1, 0.15) is 37.1 Å². The first kappa shape index (κ1) is 16.1. The summed E-state index contributed by atoms with van der Waals surface area (Å²) in [6, 6.07) is 17.9. The lowest BCUT2D eigenvalue weighted by Crippen LogP contribution is -2.00. The van der Waals surface area contributed by atoms with Crippen LogP contribution in [0.5, 0.6) is 5.75 Å². The van der Waals surface area contributed by atoms with E-state index in [4.69, 9.17) is 9.15 Å². The number of nitrogens with zero attached hydrogens (tertiary/aromatic N) is 2. The Morgan fingerprint density at radius 3 is 2.38 bits per heavy atom. The molecule has 0 aliphatic heterocycles. The molecule has 0 aliphatic rings. The summed E-state index contributed by atoms with van der Waals surface area (Å²) in [5, 5.41) is 11.3. The number of anilines is 1. The molecule has 0 atom stereocenters. The third kappa shape index (κ3) is 4.35. The second-order valence-corrected chi connectivity index (χ2v) is 5.82. The lowest BCUT2D eigenvalue weighted by molar-refractivity contribution is 0.259. The molecule has 3 aromatic rings. The van der Waals surface area contributed by atoms with Gasteiger partial charge in [0.2, 0.25) is 5.89 Å². The van der Waals surface area contributed by atoms with Crippen LogP contribution < -0.4 is 10.1 Å². The Kier molecular flexibility index (Phi) is 5.11. The van der Waals surface area contributed by atoms with Crippen LogP contribution in [0.4, 0.5) is 5.69 Å². The van der Waals surface area contributed by atoms with Crippen molar-refractivity contribution >= 4 is 5.69 Å². The van der Waals surface area contributed by atoms with Crippen LogP contribution in [-0.4, -0.2) is 10.2 Å². The van der Waals surface area contributed by atoms with E-state index in [2.05, 4.69) is 53.6 Å². The van der Waals surface area contributed by atoms with Gasteiger partial charge in [-0.05, 0) is 35.7 Å². The van der Waals surface area contributed by atoms with E-state index in [1.807, 2.05) is 30.3 Å². The molecule has 1 N–H and O–H groups in total. The number of ether oxygens (including phenoxy) is 1. The minimum Gasteiger partial charge on any atom is -0.484 e. The summed E-state index contributed by atoms with van der Waals surface area (Å²) in [6.45, 7) is 5.11. The van der Waals surface area contributed by atoms with Gasteiger partial charge in [0.05, 0.1) is 6.54 Å².